The first-order valence-electron chi connectivity index (χ1n) is 3.90. The molecule has 0 amide bonds. The second-order valence-corrected chi connectivity index (χ2v) is 3.04. The van der Waals surface area contributed by atoms with E-state index in [2.05, 4.69) is 0 Å². The number of aliphatic hydroxyl groups is 2. The average molecular weight is 190 g/mol. The Kier molecular flexibility index (Phi) is 1.99. The van der Waals surface area contributed by atoms with Crippen molar-refractivity contribution >= 4 is 5.97 Å². The fourth-order valence-electron chi connectivity index (χ4n) is 1.62. The molecule has 74 valence electrons. The van der Waals surface area contributed by atoms with E-state index in [0.29, 0.717) is 0 Å². The van der Waals surface area contributed by atoms with Crippen LogP contribution in [-0.4, -0.2) is 54.0 Å². The first kappa shape index (κ1) is 8.89. The highest BCUT2D eigenvalue weighted by Crippen LogP contribution is 2.32. The number of methoxy groups -OCH3 is 1. The summed E-state index contributed by atoms with van der Waals surface area (Å²) in [7, 11) is 1.34. The van der Waals surface area contributed by atoms with Crippen LogP contribution in [0.1, 0.15) is 0 Å². The number of carbonyl (C=O) groups excluding carboxylic acids is 1. The molecule has 2 aliphatic heterocycles. The molecule has 2 fully saturated rings. The molecule has 0 spiro atoms. The Hall–Kier alpha value is -0.690. The van der Waals surface area contributed by atoms with E-state index in [9.17, 15) is 9.90 Å². The van der Waals surface area contributed by atoms with Crippen LogP contribution >= 0.6 is 0 Å². The number of esters is 1. The quantitative estimate of drug-likeness (QED) is 0.465. The highest BCUT2D eigenvalue weighted by atomic mass is 16.7. The molecule has 0 aromatic carbocycles. The van der Waals surface area contributed by atoms with Crippen LogP contribution in [0.3, 0.4) is 0 Å². The molecule has 5 unspecified atom stereocenters. The first-order chi connectivity index (χ1) is 6.15. The lowest BCUT2D eigenvalue weighted by atomic mass is 10.1. The molecule has 2 N–H and O–H groups in total. The lowest BCUT2D eigenvalue weighted by Gasteiger charge is -2.11. The van der Waals surface area contributed by atoms with Gasteiger partial charge in [0.25, 0.3) is 0 Å². The number of fused-ring (bicyclic) bond motifs is 1. The van der Waals surface area contributed by atoms with Crippen LogP contribution in [0.4, 0.5) is 0 Å². The van der Waals surface area contributed by atoms with Crippen LogP contribution in [0.5, 0.6) is 0 Å². The van der Waals surface area contributed by atoms with Crippen molar-refractivity contribution in [1.82, 2.24) is 0 Å². The van der Waals surface area contributed by atoms with Crippen LogP contribution in [0.25, 0.3) is 0 Å². The van der Waals surface area contributed by atoms with Gasteiger partial charge in [0.05, 0.1) is 0 Å². The predicted octanol–water partition coefficient (Wildman–Crippen LogP) is -2.00. The minimum Gasteiger partial charge on any atom is -0.454 e. The van der Waals surface area contributed by atoms with Gasteiger partial charge in [-0.3, -0.25) is 0 Å². The fraction of sp³-hybridized carbons (Fsp3) is 0.857. The Morgan fingerprint density at radius 2 is 2.08 bits per heavy atom. The van der Waals surface area contributed by atoms with Gasteiger partial charge in [-0.05, 0) is 0 Å². The Morgan fingerprint density at radius 1 is 1.38 bits per heavy atom. The van der Waals surface area contributed by atoms with Gasteiger partial charge in [0.2, 0.25) is 0 Å². The summed E-state index contributed by atoms with van der Waals surface area (Å²) in [6.45, 7) is 0. The topological polar surface area (TPSA) is 85.2 Å². The zero-order valence-corrected chi connectivity index (χ0v) is 6.91. The van der Waals surface area contributed by atoms with Gasteiger partial charge >= 0.3 is 5.97 Å². The third-order valence-corrected chi connectivity index (χ3v) is 2.29. The minimum absolute atomic E-state index is 0.566. The number of rotatable bonds is 1. The molecule has 2 rings (SSSR count). The van der Waals surface area contributed by atoms with Crippen LogP contribution in [0, 0.1) is 0 Å². The van der Waals surface area contributed by atoms with Crippen molar-refractivity contribution in [1.29, 1.82) is 0 Å². The van der Waals surface area contributed by atoms with Gasteiger partial charge in [0, 0.05) is 7.11 Å². The highest BCUT2D eigenvalue weighted by molar-refractivity contribution is 5.78. The van der Waals surface area contributed by atoms with Gasteiger partial charge in [0.15, 0.2) is 18.5 Å². The van der Waals surface area contributed by atoms with E-state index < -0.39 is 36.7 Å². The zero-order valence-electron chi connectivity index (χ0n) is 6.91. The molecule has 5 atom stereocenters. The largest absolute Gasteiger partial charge is 0.454 e. The standard InChI is InChI=1S/C7H10O6/c1-11-5-4-3(12-7(5)10)2(8)6(9)13-4/h2-6,8-9H,1H3. The summed E-state index contributed by atoms with van der Waals surface area (Å²) in [5.74, 6) is -0.566. The molecule has 0 aliphatic carbocycles. The summed E-state index contributed by atoms with van der Waals surface area (Å²) in [4.78, 5) is 11.1. The average Bonchev–Trinajstić information content (AvgIpc) is 2.52. The SMILES string of the molecule is COC1C(=O)OC2C(O)C(O)OC12. The van der Waals surface area contributed by atoms with Crippen molar-refractivity contribution in [3.63, 3.8) is 0 Å². The normalized spacial score (nSPS) is 49.2. The smallest absolute Gasteiger partial charge is 0.338 e. The minimum atomic E-state index is -1.30. The maximum Gasteiger partial charge on any atom is 0.338 e. The molecular formula is C7H10O6. The lowest BCUT2D eigenvalue weighted by molar-refractivity contribution is -0.170. The molecule has 0 radical (unpaired) electrons. The molecule has 0 aromatic heterocycles. The number of ether oxygens (including phenoxy) is 3. The predicted molar refractivity (Wildman–Crippen MR) is 37.6 cm³/mol. The van der Waals surface area contributed by atoms with E-state index in [1.54, 1.807) is 0 Å². The van der Waals surface area contributed by atoms with Crippen molar-refractivity contribution in [2.45, 2.75) is 30.7 Å². The molecule has 6 heteroatoms. The Balaban J connectivity index is 2.17. The molecule has 2 aliphatic rings. The number of hydrogen-bond acceptors (Lipinski definition) is 6. The van der Waals surface area contributed by atoms with E-state index in [0.717, 1.165) is 0 Å². The van der Waals surface area contributed by atoms with Crippen molar-refractivity contribution in [2.75, 3.05) is 7.11 Å². The monoisotopic (exact) mass is 190 g/mol. The fourth-order valence-corrected chi connectivity index (χ4v) is 1.62. The molecule has 13 heavy (non-hydrogen) atoms. The van der Waals surface area contributed by atoms with Crippen LogP contribution in [0.2, 0.25) is 0 Å². The Morgan fingerprint density at radius 3 is 2.69 bits per heavy atom. The van der Waals surface area contributed by atoms with Crippen molar-refractivity contribution < 1.29 is 29.2 Å². The van der Waals surface area contributed by atoms with Crippen molar-refractivity contribution in [3.8, 4) is 0 Å². The number of aliphatic hydroxyl groups excluding tert-OH is 2. The van der Waals surface area contributed by atoms with Gasteiger partial charge in [0.1, 0.15) is 12.2 Å². The molecular weight excluding hydrogens is 180 g/mol. The third kappa shape index (κ3) is 1.14. The summed E-state index contributed by atoms with van der Waals surface area (Å²) in [5, 5.41) is 18.4. The highest BCUT2D eigenvalue weighted by Gasteiger charge is 2.56. The number of hydrogen-bond donors (Lipinski definition) is 2. The summed E-state index contributed by atoms with van der Waals surface area (Å²) in [5.41, 5.74) is 0. The summed E-state index contributed by atoms with van der Waals surface area (Å²) < 4.78 is 14.5. The van der Waals surface area contributed by atoms with E-state index >= 15 is 0 Å². The molecule has 0 saturated carbocycles. The van der Waals surface area contributed by atoms with E-state index in [-0.39, 0.29) is 0 Å². The van der Waals surface area contributed by atoms with Gasteiger partial charge in [-0.25, -0.2) is 4.79 Å². The van der Waals surface area contributed by atoms with E-state index in [1.165, 1.54) is 7.11 Å². The second kappa shape index (κ2) is 2.91. The summed E-state index contributed by atoms with van der Waals surface area (Å²) in [6, 6.07) is 0. The van der Waals surface area contributed by atoms with Crippen LogP contribution < -0.4 is 0 Å². The van der Waals surface area contributed by atoms with Crippen molar-refractivity contribution in [3.05, 3.63) is 0 Å². The summed E-state index contributed by atoms with van der Waals surface area (Å²) in [6.07, 6.45) is -4.86. The maximum absolute atomic E-state index is 11.1. The van der Waals surface area contributed by atoms with Crippen LogP contribution in [0.15, 0.2) is 0 Å². The van der Waals surface area contributed by atoms with Crippen molar-refractivity contribution in [2.24, 2.45) is 0 Å². The Bertz CT molecular complexity index is 229. The molecule has 2 saturated heterocycles. The molecule has 0 bridgehead atoms. The number of carbonyl (C=O) groups is 1. The zero-order chi connectivity index (χ0) is 9.59. The van der Waals surface area contributed by atoms with Gasteiger partial charge < -0.3 is 24.4 Å². The van der Waals surface area contributed by atoms with Crippen LogP contribution in [-0.2, 0) is 19.0 Å². The first-order valence-corrected chi connectivity index (χ1v) is 3.90. The van der Waals surface area contributed by atoms with Gasteiger partial charge in [-0.15, -0.1) is 0 Å². The van der Waals surface area contributed by atoms with E-state index in [4.69, 9.17) is 19.3 Å². The molecule has 2 heterocycles. The third-order valence-electron chi connectivity index (χ3n) is 2.29. The molecule has 0 aromatic rings. The van der Waals surface area contributed by atoms with Gasteiger partial charge in [-0.2, -0.15) is 0 Å². The Labute approximate surface area is 74.0 Å². The second-order valence-electron chi connectivity index (χ2n) is 3.04. The van der Waals surface area contributed by atoms with Gasteiger partial charge in [-0.1, -0.05) is 0 Å². The maximum atomic E-state index is 11.1. The van der Waals surface area contributed by atoms with E-state index in [1.807, 2.05) is 0 Å². The molecule has 6 nitrogen and oxygen atoms in total. The summed E-state index contributed by atoms with van der Waals surface area (Å²) >= 11 is 0. The lowest BCUT2D eigenvalue weighted by Crippen LogP contribution is -2.33.